The van der Waals surface area contributed by atoms with Gasteiger partial charge in [-0.15, -0.1) is 0 Å². The topological polar surface area (TPSA) is 43.8 Å². The Morgan fingerprint density at radius 1 is 1.07 bits per heavy atom. The molecule has 1 aromatic carbocycles. The summed E-state index contributed by atoms with van der Waals surface area (Å²) in [5.74, 6) is 1.76. The van der Waals surface area contributed by atoms with E-state index in [-0.39, 0.29) is 17.4 Å². The Balaban J connectivity index is 1.92. The quantitative estimate of drug-likeness (QED) is 0.815. The molecule has 0 aromatic heterocycles. The lowest BCUT2D eigenvalue weighted by Crippen LogP contribution is -2.55. The van der Waals surface area contributed by atoms with Crippen molar-refractivity contribution in [2.45, 2.75) is 51.0 Å². The first-order valence-electron chi connectivity index (χ1n) is 10.9. The molecule has 4 heteroatoms. The van der Waals surface area contributed by atoms with Crippen molar-refractivity contribution >= 4 is 5.91 Å². The van der Waals surface area contributed by atoms with E-state index in [0.717, 1.165) is 32.4 Å². The van der Waals surface area contributed by atoms with Gasteiger partial charge >= 0.3 is 0 Å². The minimum Gasteiger partial charge on any atom is -0.393 e. The number of carbonyl (C=O) groups excluding carboxylic acids is 1. The highest BCUT2D eigenvalue weighted by molar-refractivity contribution is 5.78. The molecule has 1 aromatic rings. The largest absolute Gasteiger partial charge is 0.393 e. The van der Waals surface area contributed by atoms with Crippen LogP contribution in [0.15, 0.2) is 30.3 Å². The highest BCUT2D eigenvalue weighted by Crippen LogP contribution is 2.57. The van der Waals surface area contributed by atoms with Gasteiger partial charge in [-0.05, 0) is 62.6 Å². The van der Waals surface area contributed by atoms with Crippen LogP contribution in [0.3, 0.4) is 0 Å². The molecule has 2 saturated carbocycles. The zero-order chi connectivity index (χ0) is 20.5. The average molecular weight is 387 g/mol. The third kappa shape index (κ3) is 3.99. The van der Waals surface area contributed by atoms with Crippen LogP contribution in [0.5, 0.6) is 0 Å². The summed E-state index contributed by atoms with van der Waals surface area (Å²) in [4.78, 5) is 17.3. The molecule has 0 aliphatic heterocycles. The summed E-state index contributed by atoms with van der Waals surface area (Å²) in [6.45, 7) is 6.13. The first-order valence-corrected chi connectivity index (χ1v) is 10.9. The molecule has 6 unspecified atom stereocenters. The van der Waals surface area contributed by atoms with Gasteiger partial charge in [0, 0.05) is 32.0 Å². The fraction of sp³-hybridized carbons (Fsp3) is 0.708. The first kappa shape index (κ1) is 21.3. The van der Waals surface area contributed by atoms with Crippen LogP contribution in [-0.2, 0) is 10.2 Å². The van der Waals surface area contributed by atoms with Crippen LogP contribution in [-0.4, -0.2) is 61.2 Å². The number of aliphatic hydroxyl groups excluding tert-OH is 1. The van der Waals surface area contributed by atoms with Crippen molar-refractivity contribution in [2.24, 2.45) is 23.7 Å². The van der Waals surface area contributed by atoms with Gasteiger partial charge in [0.25, 0.3) is 0 Å². The van der Waals surface area contributed by atoms with Crippen LogP contribution >= 0.6 is 0 Å². The summed E-state index contributed by atoms with van der Waals surface area (Å²) in [7, 11) is 6.03. The van der Waals surface area contributed by atoms with Crippen molar-refractivity contribution < 1.29 is 9.90 Å². The number of hydrogen-bond acceptors (Lipinski definition) is 3. The molecule has 2 bridgehead atoms. The van der Waals surface area contributed by atoms with Crippen LogP contribution in [0.1, 0.15) is 45.1 Å². The lowest BCUT2D eigenvalue weighted by atomic mass is 9.48. The normalized spacial score (nSPS) is 35.0. The molecule has 1 N–H and O–H groups in total. The number of rotatable bonds is 6. The molecular weight excluding hydrogens is 348 g/mol. The van der Waals surface area contributed by atoms with E-state index in [1.54, 1.807) is 0 Å². The zero-order valence-electron chi connectivity index (χ0n) is 18.3. The van der Waals surface area contributed by atoms with E-state index in [9.17, 15) is 9.90 Å². The molecule has 0 spiro atoms. The lowest BCUT2D eigenvalue weighted by Gasteiger charge is -2.56. The van der Waals surface area contributed by atoms with Crippen molar-refractivity contribution in [3.05, 3.63) is 35.9 Å². The molecule has 2 fully saturated rings. The summed E-state index contributed by atoms with van der Waals surface area (Å²) in [6.07, 6.45) is 3.43. The van der Waals surface area contributed by atoms with Gasteiger partial charge in [0.05, 0.1) is 6.10 Å². The van der Waals surface area contributed by atoms with Gasteiger partial charge in [-0.1, -0.05) is 44.2 Å². The van der Waals surface area contributed by atoms with Crippen molar-refractivity contribution in [3.63, 3.8) is 0 Å². The Morgan fingerprint density at radius 3 is 2.39 bits per heavy atom. The third-order valence-corrected chi connectivity index (χ3v) is 7.64. The van der Waals surface area contributed by atoms with E-state index < -0.39 is 0 Å². The second-order valence-corrected chi connectivity index (χ2v) is 9.73. The predicted molar refractivity (Wildman–Crippen MR) is 114 cm³/mol. The molecule has 2 aliphatic carbocycles. The smallest absolute Gasteiger partial charge is 0.223 e. The zero-order valence-corrected chi connectivity index (χ0v) is 18.3. The Kier molecular flexibility index (Phi) is 6.51. The average Bonchev–Trinajstić information content (AvgIpc) is 2.67. The maximum absolute atomic E-state index is 13.3. The van der Waals surface area contributed by atoms with Crippen molar-refractivity contribution in [2.75, 3.05) is 34.2 Å². The van der Waals surface area contributed by atoms with Crippen molar-refractivity contribution in [1.29, 1.82) is 0 Å². The van der Waals surface area contributed by atoms with Gasteiger partial charge in [0.1, 0.15) is 0 Å². The summed E-state index contributed by atoms with van der Waals surface area (Å²) >= 11 is 0. The van der Waals surface area contributed by atoms with Gasteiger partial charge in [-0.25, -0.2) is 0 Å². The first-order chi connectivity index (χ1) is 13.3. The van der Waals surface area contributed by atoms with E-state index >= 15 is 0 Å². The molecule has 156 valence electrons. The molecule has 3 rings (SSSR count). The predicted octanol–water partition coefficient (Wildman–Crippen LogP) is 3.40. The van der Waals surface area contributed by atoms with Gasteiger partial charge in [0.2, 0.25) is 5.91 Å². The van der Waals surface area contributed by atoms with Gasteiger partial charge in [-0.2, -0.15) is 0 Å². The number of amides is 1. The van der Waals surface area contributed by atoms with Crippen molar-refractivity contribution in [3.8, 4) is 0 Å². The third-order valence-electron chi connectivity index (χ3n) is 7.64. The molecule has 0 saturated heterocycles. The Hall–Kier alpha value is -1.39. The van der Waals surface area contributed by atoms with Crippen LogP contribution in [0.4, 0.5) is 0 Å². The second kappa shape index (κ2) is 8.54. The maximum Gasteiger partial charge on any atom is 0.223 e. The van der Waals surface area contributed by atoms with Crippen LogP contribution in [0, 0.1) is 23.7 Å². The van der Waals surface area contributed by atoms with Gasteiger partial charge in [0.15, 0.2) is 0 Å². The Labute approximate surface area is 170 Å². The fourth-order valence-corrected chi connectivity index (χ4v) is 5.93. The Bertz CT molecular complexity index is 658. The number of nitrogens with zero attached hydrogens (tertiary/aromatic N) is 2. The molecule has 6 atom stereocenters. The molecule has 1 amide bonds. The number of benzene rings is 1. The molecule has 28 heavy (non-hydrogen) atoms. The summed E-state index contributed by atoms with van der Waals surface area (Å²) in [5.41, 5.74) is 1.18. The summed E-state index contributed by atoms with van der Waals surface area (Å²) in [5, 5.41) is 10.7. The SMILES string of the molecule is CC1CC2CC(CC(C)C2(CC(=O)N(C)CCN(C)C)c2ccccc2)C1O. The fourth-order valence-electron chi connectivity index (χ4n) is 5.93. The van der Waals surface area contributed by atoms with E-state index in [4.69, 9.17) is 0 Å². The number of carbonyl (C=O) groups is 1. The maximum atomic E-state index is 13.3. The summed E-state index contributed by atoms with van der Waals surface area (Å²) < 4.78 is 0. The molecule has 2 aliphatic rings. The molecule has 0 radical (unpaired) electrons. The van der Waals surface area contributed by atoms with Crippen LogP contribution < -0.4 is 0 Å². The van der Waals surface area contributed by atoms with Gasteiger partial charge in [-0.3, -0.25) is 4.79 Å². The number of hydrogen-bond donors (Lipinski definition) is 1. The van der Waals surface area contributed by atoms with E-state index in [1.165, 1.54) is 5.56 Å². The number of likely N-dealkylation sites (N-methyl/N-ethyl adjacent to an activating group) is 2. The van der Waals surface area contributed by atoms with Crippen molar-refractivity contribution in [1.82, 2.24) is 9.80 Å². The molecule has 4 nitrogen and oxygen atoms in total. The highest BCUT2D eigenvalue weighted by atomic mass is 16.3. The van der Waals surface area contributed by atoms with Gasteiger partial charge < -0.3 is 14.9 Å². The number of aliphatic hydroxyl groups is 1. The van der Waals surface area contributed by atoms with E-state index in [1.807, 2.05) is 26.0 Å². The standard InChI is InChI=1S/C24H38N2O2/c1-17-13-21-15-19(23(17)28)14-18(2)24(21,20-9-7-6-8-10-20)16-22(27)26(5)12-11-25(3)4/h6-10,17-19,21,23,28H,11-16H2,1-5H3. The Morgan fingerprint density at radius 2 is 1.75 bits per heavy atom. The summed E-state index contributed by atoms with van der Waals surface area (Å²) in [6, 6.07) is 10.7. The minimum atomic E-state index is -0.189. The highest BCUT2D eigenvalue weighted by Gasteiger charge is 2.54. The van der Waals surface area contributed by atoms with Crippen LogP contribution in [0.2, 0.25) is 0 Å². The van der Waals surface area contributed by atoms with Crippen LogP contribution in [0.25, 0.3) is 0 Å². The lowest BCUT2D eigenvalue weighted by molar-refractivity contribution is -0.136. The second-order valence-electron chi connectivity index (χ2n) is 9.73. The molecular formula is C24H38N2O2. The van der Waals surface area contributed by atoms with E-state index in [0.29, 0.717) is 30.1 Å². The minimum absolute atomic E-state index is 0.129. The van der Waals surface area contributed by atoms with E-state index in [2.05, 4.69) is 49.1 Å². The molecule has 0 heterocycles. The monoisotopic (exact) mass is 386 g/mol. The number of fused-ring (bicyclic) bond motifs is 2.